The maximum absolute atomic E-state index is 14.0. The number of ether oxygens (including phenoxy) is 3. The highest BCUT2D eigenvalue weighted by Crippen LogP contribution is 2.42. The summed E-state index contributed by atoms with van der Waals surface area (Å²) in [4.78, 5) is 48.0. The monoisotopic (exact) mass is 579 g/mol. The van der Waals surface area contributed by atoms with Gasteiger partial charge in [-0.15, -0.1) is 0 Å². The van der Waals surface area contributed by atoms with Crippen molar-refractivity contribution in [3.8, 4) is 5.75 Å². The number of aromatic nitrogens is 3. The zero-order valence-electron chi connectivity index (χ0n) is 22.6. The lowest BCUT2D eigenvalue weighted by molar-refractivity contribution is -0.149. The van der Waals surface area contributed by atoms with Crippen LogP contribution in [0.3, 0.4) is 0 Å². The van der Waals surface area contributed by atoms with Gasteiger partial charge in [0.05, 0.1) is 28.3 Å². The molecule has 3 rings (SSSR count). The van der Waals surface area contributed by atoms with Crippen molar-refractivity contribution in [1.29, 1.82) is 0 Å². The van der Waals surface area contributed by atoms with Crippen molar-refractivity contribution in [2.75, 3.05) is 6.35 Å². The average molecular weight is 580 g/mol. The largest absolute Gasteiger partial charge is 0.482 e. The molecule has 0 radical (unpaired) electrons. The van der Waals surface area contributed by atoms with Gasteiger partial charge >= 0.3 is 11.9 Å². The summed E-state index contributed by atoms with van der Waals surface area (Å²) in [6, 6.07) is 5.17. The summed E-state index contributed by atoms with van der Waals surface area (Å²) >= 11 is 1.31. The highest BCUT2D eigenvalue weighted by molar-refractivity contribution is 7.99. The number of hydrogen-bond donors (Lipinski definition) is 4. The first-order chi connectivity index (χ1) is 18.4. The molecule has 0 aliphatic rings. The minimum Gasteiger partial charge on any atom is -0.482 e. The molecule has 1 aromatic carbocycles. The topological polar surface area (TPSA) is 164 Å². The lowest BCUT2D eigenvalue weighted by Crippen LogP contribution is -2.43. The van der Waals surface area contributed by atoms with E-state index in [-0.39, 0.29) is 17.8 Å². The van der Waals surface area contributed by atoms with Gasteiger partial charge in [0, 0.05) is 6.20 Å². The van der Waals surface area contributed by atoms with Gasteiger partial charge in [0.2, 0.25) is 7.44 Å². The number of carbonyl (C=O) groups excluding carboxylic acids is 2. The minimum atomic E-state index is -3.72. The van der Waals surface area contributed by atoms with Crippen LogP contribution in [0.4, 0.5) is 0 Å². The minimum absolute atomic E-state index is 0.287. The molecule has 212 valence electrons. The third-order valence-electron chi connectivity index (χ3n) is 5.12. The number of carbonyl (C=O) groups is 2. The molecule has 0 bridgehead atoms. The fraction of sp³-hybridized carbons (Fsp3) is 0.440. The van der Waals surface area contributed by atoms with Crippen molar-refractivity contribution < 1.29 is 28.4 Å². The first kappa shape index (κ1) is 30.4. The highest BCUT2D eigenvalue weighted by Gasteiger charge is 2.33. The number of benzene rings is 1. The molecule has 39 heavy (non-hydrogen) atoms. The number of para-hydroxylation sites is 1. The Morgan fingerprint density at radius 1 is 0.949 bits per heavy atom. The second-order valence-electron chi connectivity index (χ2n) is 9.34. The van der Waals surface area contributed by atoms with Crippen molar-refractivity contribution >= 4 is 42.2 Å². The van der Waals surface area contributed by atoms with Crippen LogP contribution in [-0.4, -0.2) is 57.5 Å². The number of fused-ring (bicyclic) bond motifs is 1. The number of H-pyrrole nitrogens is 2. The molecule has 2 heterocycles. The third-order valence-corrected chi connectivity index (χ3v) is 8.31. The quantitative estimate of drug-likeness (QED) is 0.172. The highest BCUT2D eigenvalue weighted by atomic mass is 32.2. The summed E-state index contributed by atoms with van der Waals surface area (Å²) in [5.41, 5.74) is 0.563. The molecular formula is C25H34N5O7PS. The number of nitrogens with zero attached hydrogens (tertiary/aromatic N) is 1. The summed E-state index contributed by atoms with van der Waals surface area (Å²) < 4.78 is 30.5. The second-order valence-corrected chi connectivity index (χ2v) is 12.7. The van der Waals surface area contributed by atoms with Crippen molar-refractivity contribution in [2.45, 2.75) is 75.6 Å². The molecule has 0 unspecified atom stereocenters. The number of rotatable bonds is 13. The van der Waals surface area contributed by atoms with Crippen LogP contribution in [0, 0.1) is 0 Å². The second kappa shape index (κ2) is 13.3. The summed E-state index contributed by atoms with van der Waals surface area (Å²) in [6.45, 7) is 9.89. The average Bonchev–Trinajstić information content (AvgIpc) is 3.26. The van der Waals surface area contributed by atoms with Crippen molar-refractivity contribution in [3.05, 3.63) is 47.1 Å². The van der Waals surface area contributed by atoms with E-state index in [1.165, 1.54) is 31.9 Å². The van der Waals surface area contributed by atoms with E-state index in [1.807, 2.05) is 12.1 Å². The van der Waals surface area contributed by atoms with Gasteiger partial charge in [0.25, 0.3) is 5.56 Å². The normalized spacial score (nSPS) is 13.4. The van der Waals surface area contributed by atoms with Crippen molar-refractivity contribution in [1.82, 2.24) is 25.1 Å². The predicted molar refractivity (Wildman–Crippen MR) is 148 cm³/mol. The predicted octanol–water partition coefficient (Wildman–Crippen LogP) is 3.79. The standard InChI is InChI=1S/C25H34N5O7PS/c1-14(2)36-24(32)16(5)29-38(34,30-17(6)25(33)37-15(3)4)13-35-18-9-7-8-10-19(18)39-20-11-26-22-21(20)27-12-28-23(22)31/h7-12,14-17,26H,13H2,1-6H3,(H,27,28,31)(H2,29,30,34)/t16-,17-/m0/s1. The SMILES string of the molecule is CC(C)OC(=O)[C@H](C)NP(=O)(COc1ccccc1Sc1c[nH]c2c(=O)[nH]cnc12)N[C@@H](C)C(=O)OC(C)C. The van der Waals surface area contributed by atoms with E-state index in [0.29, 0.717) is 26.6 Å². The van der Waals surface area contributed by atoms with Gasteiger partial charge in [-0.2, -0.15) is 0 Å². The molecule has 4 N–H and O–H groups in total. The first-order valence-corrected chi connectivity index (χ1v) is 15.1. The van der Waals surface area contributed by atoms with Gasteiger partial charge in [0.1, 0.15) is 28.9 Å². The Labute approximate surface area is 230 Å². The molecule has 2 aromatic heterocycles. The molecule has 0 spiro atoms. The van der Waals surface area contributed by atoms with Crippen LogP contribution in [0.5, 0.6) is 5.75 Å². The van der Waals surface area contributed by atoms with Crippen LogP contribution >= 0.6 is 19.2 Å². The Balaban J connectivity index is 1.82. The maximum Gasteiger partial charge on any atom is 0.323 e. The van der Waals surface area contributed by atoms with Crippen LogP contribution in [0.25, 0.3) is 11.0 Å². The van der Waals surface area contributed by atoms with Gasteiger partial charge in [0.15, 0.2) is 6.35 Å². The van der Waals surface area contributed by atoms with Crippen LogP contribution in [0.15, 0.2) is 51.4 Å². The van der Waals surface area contributed by atoms with Crippen LogP contribution < -0.4 is 20.5 Å². The fourth-order valence-electron chi connectivity index (χ4n) is 3.45. The van der Waals surface area contributed by atoms with Gasteiger partial charge in [-0.05, 0) is 53.7 Å². The molecular weight excluding hydrogens is 545 g/mol. The lowest BCUT2D eigenvalue weighted by atomic mass is 10.3. The van der Waals surface area contributed by atoms with E-state index < -0.39 is 37.8 Å². The number of aromatic amines is 2. The Kier molecular flexibility index (Phi) is 10.4. The summed E-state index contributed by atoms with van der Waals surface area (Å²) in [5, 5.41) is 5.56. The molecule has 0 saturated heterocycles. The van der Waals surface area contributed by atoms with Crippen LogP contribution in [0.1, 0.15) is 41.5 Å². The number of nitrogens with one attached hydrogen (secondary N) is 4. The molecule has 0 saturated carbocycles. The zero-order chi connectivity index (χ0) is 28.7. The fourth-order valence-corrected chi connectivity index (χ4v) is 6.44. The molecule has 12 nitrogen and oxygen atoms in total. The molecule has 2 atom stereocenters. The van der Waals surface area contributed by atoms with E-state index in [1.54, 1.807) is 46.0 Å². The van der Waals surface area contributed by atoms with Gasteiger partial charge in [-0.1, -0.05) is 23.9 Å². The Morgan fingerprint density at radius 2 is 1.54 bits per heavy atom. The van der Waals surface area contributed by atoms with Gasteiger partial charge in [-0.3, -0.25) is 18.9 Å². The Bertz CT molecular complexity index is 1370. The Hall–Kier alpha value is -3.12. The van der Waals surface area contributed by atoms with Crippen LogP contribution in [0.2, 0.25) is 0 Å². The van der Waals surface area contributed by atoms with Crippen molar-refractivity contribution in [3.63, 3.8) is 0 Å². The maximum atomic E-state index is 14.0. The molecule has 0 aliphatic carbocycles. The molecule has 3 aromatic rings. The molecule has 0 aliphatic heterocycles. The van der Waals surface area contributed by atoms with Crippen molar-refractivity contribution in [2.24, 2.45) is 0 Å². The van der Waals surface area contributed by atoms with Gasteiger partial charge < -0.3 is 24.2 Å². The summed E-state index contributed by atoms with van der Waals surface area (Å²) in [6.07, 6.45) is 1.89. The number of hydrogen-bond acceptors (Lipinski definition) is 9. The molecule has 0 fully saturated rings. The first-order valence-electron chi connectivity index (χ1n) is 12.4. The lowest BCUT2D eigenvalue weighted by Gasteiger charge is -2.27. The zero-order valence-corrected chi connectivity index (χ0v) is 24.4. The van der Waals surface area contributed by atoms with E-state index in [9.17, 15) is 18.9 Å². The smallest absolute Gasteiger partial charge is 0.323 e. The van der Waals surface area contributed by atoms with E-state index in [2.05, 4.69) is 25.1 Å². The Morgan fingerprint density at radius 3 is 2.13 bits per heavy atom. The number of esters is 2. The van der Waals surface area contributed by atoms with E-state index in [4.69, 9.17) is 14.2 Å². The van der Waals surface area contributed by atoms with Gasteiger partial charge in [-0.25, -0.2) is 15.2 Å². The van der Waals surface area contributed by atoms with Crippen LogP contribution in [-0.2, 0) is 23.6 Å². The molecule has 14 heteroatoms. The van der Waals surface area contributed by atoms with E-state index >= 15 is 0 Å². The summed E-state index contributed by atoms with van der Waals surface area (Å²) in [5.74, 6) is -0.787. The summed E-state index contributed by atoms with van der Waals surface area (Å²) in [7, 11) is -3.72. The molecule has 0 amide bonds. The third kappa shape index (κ3) is 8.43. The van der Waals surface area contributed by atoms with E-state index in [0.717, 1.165) is 0 Å².